The molecule has 0 saturated carbocycles. The lowest BCUT2D eigenvalue weighted by Crippen LogP contribution is -2.17. The molecule has 0 saturated heterocycles. The molecule has 1 aliphatic rings. The quantitative estimate of drug-likeness (QED) is 0.807. The van der Waals surface area contributed by atoms with Crippen LogP contribution in [0, 0.1) is 0 Å². The number of benzene rings is 2. The van der Waals surface area contributed by atoms with E-state index in [1.54, 1.807) is 18.2 Å². The minimum absolute atomic E-state index is 0.215. The first-order valence-electron chi connectivity index (χ1n) is 6.64. The van der Waals surface area contributed by atoms with Crippen LogP contribution in [0.3, 0.4) is 0 Å². The van der Waals surface area contributed by atoms with Crippen LogP contribution in [-0.2, 0) is 6.42 Å². The lowest BCUT2D eigenvalue weighted by Gasteiger charge is -2.21. The summed E-state index contributed by atoms with van der Waals surface area (Å²) >= 11 is 0. The van der Waals surface area contributed by atoms with E-state index >= 15 is 0 Å². The lowest BCUT2D eigenvalue weighted by molar-refractivity contribution is -0.274. The van der Waals surface area contributed by atoms with Crippen molar-refractivity contribution in [3.05, 3.63) is 48.0 Å². The van der Waals surface area contributed by atoms with E-state index in [1.165, 1.54) is 12.1 Å². The zero-order chi connectivity index (χ0) is 14.9. The van der Waals surface area contributed by atoms with E-state index in [-0.39, 0.29) is 5.75 Å². The van der Waals surface area contributed by atoms with Gasteiger partial charge >= 0.3 is 6.36 Å². The summed E-state index contributed by atoms with van der Waals surface area (Å²) in [6.07, 6.45) is -2.94. The highest BCUT2D eigenvalue weighted by atomic mass is 19.4. The van der Waals surface area contributed by atoms with Crippen molar-refractivity contribution in [3.8, 4) is 22.6 Å². The van der Waals surface area contributed by atoms with Gasteiger partial charge in [-0.05, 0) is 24.5 Å². The van der Waals surface area contributed by atoms with E-state index in [9.17, 15) is 13.2 Å². The van der Waals surface area contributed by atoms with Crippen molar-refractivity contribution in [1.29, 1.82) is 0 Å². The highest BCUT2D eigenvalue weighted by Gasteiger charge is 2.32. The summed E-state index contributed by atoms with van der Waals surface area (Å²) in [6.45, 7) is 0.576. The summed E-state index contributed by atoms with van der Waals surface area (Å²) in [6, 6.07) is 11.6. The Labute approximate surface area is 120 Å². The van der Waals surface area contributed by atoms with E-state index in [0.717, 1.165) is 18.4 Å². The third-order valence-corrected chi connectivity index (χ3v) is 3.34. The Hall–Kier alpha value is -2.17. The second-order valence-corrected chi connectivity index (χ2v) is 4.79. The van der Waals surface area contributed by atoms with Crippen LogP contribution < -0.4 is 9.47 Å². The molecule has 110 valence electrons. The van der Waals surface area contributed by atoms with Gasteiger partial charge in [0.25, 0.3) is 0 Å². The number of para-hydroxylation sites is 2. The van der Waals surface area contributed by atoms with Crippen molar-refractivity contribution in [2.24, 2.45) is 0 Å². The molecule has 0 unspecified atom stereocenters. The van der Waals surface area contributed by atoms with E-state index in [4.69, 9.17) is 4.74 Å². The molecular formula is C16H13F3O2. The molecule has 3 rings (SSSR count). The molecule has 1 heterocycles. The van der Waals surface area contributed by atoms with Crippen LogP contribution >= 0.6 is 0 Å². The number of hydrogen-bond acceptors (Lipinski definition) is 2. The Morgan fingerprint density at radius 3 is 2.52 bits per heavy atom. The summed E-state index contributed by atoms with van der Waals surface area (Å²) in [7, 11) is 0. The minimum atomic E-state index is -4.72. The summed E-state index contributed by atoms with van der Waals surface area (Å²) in [5.74, 6) is 0.439. The van der Waals surface area contributed by atoms with Gasteiger partial charge < -0.3 is 9.47 Å². The largest absolute Gasteiger partial charge is 0.573 e. The molecule has 5 heteroatoms. The maximum absolute atomic E-state index is 12.5. The van der Waals surface area contributed by atoms with Crippen LogP contribution in [0.4, 0.5) is 13.2 Å². The fourth-order valence-electron chi connectivity index (χ4n) is 2.50. The smallest absolute Gasteiger partial charge is 0.493 e. The van der Waals surface area contributed by atoms with Gasteiger partial charge in [0.05, 0.1) is 6.61 Å². The normalized spacial score (nSPS) is 14.2. The summed E-state index contributed by atoms with van der Waals surface area (Å²) < 4.78 is 47.3. The molecule has 0 radical (unpaired) electrons. The standard InChI is InChI=1S/C16H13F3O2/c17-16(18,19)21-14-9-2-1-7-12(14)13-8-3-5-11-6-4-10-20-15(11)13/h1-3,5,7-9H,4,6,10H2. The predicted octanol–water partition coefficient (Wildman–Crippen LogP) is 4.58. The molecule has 0 aromatic heterocycles. The third-order valence-electron chi connectivity index (χ3n) is 3.34. The zero-order valence-electron chi connectivity index (χ0n) is 11.1. The van der Waals surface area contributed by atoms with E-state index < -0.39 is 6.36 Å². The monoisotopic (exact) mass is 294 g/mol. The molecule has 0 N–H and O–H groups in total. The number of fused-ring (bicyclic) bond motifs is 1. The lowest BCUT2D eigenvalue weighted by atomic mass is 9.97. The summed E-state index contributed by atoms with van der Waals surface area (Å²) in [5, 5.41) is 0. The molecule has 21 heavy (non-hydrogen) atoms. The fourth-order valence-corrected chi connectivity index (χ4v) is 2.50. The SMILES string of the molecule is FC(F)(F)Oc1ccccc1-c1cccc2c1OCCC2. The predicted molar refractivity (Wildman–Crippen MR) is 72.4 cm³/mol. The Morgan fingerprint density at radius 1 is 0.952 bits per heavy atom. The van der Waals surface area contributed by atoms with Crippen molar-refractivity contribution >= 4 is 0 Å². The van der Waals surface area contributed by atoms with E-state index in [1.807, 2.05) is 12.1 Å². The maximum atomic E-state index is 12.5. The van der Waals surface area contributed by atoms with Crippen molar-refractivity contribution in [3.63, 3.8) is 0 Å². The average Bonchev–Trinajstić information content (AvgIpc) is 2.46. The molecule has 0 spiro atoms. The van der Waals surface area contributed by atoms with E-state index in [2.05, 4.69) is 4.74 Å². The first-order chi connectivity index (χ1) is 10.0. The zero-order valence-corrected chi connectivity index (χ0v) is 11.1. The minimum Gasteiger partial charge on any atom is -0.493 e. The van der Waals surface area contributed by atoms with Crippen molar-refractivity contribution < 1.29 is 22.6 Å². The number of aryl methyl sites for hydroxylation is 1. The summed E-state index contributed by atoms with van der Waals surface area (Å²) in [4.78, 5) is 0. The van der Waals surface area contributed by atoms with Gasteiger partial charge in [-0.25, -0.2) is 0 Å². The van der Waals surface area contributed by atoms with Gasteiger partial charge in [-0.2, -0.15) is 0 Å². The molecule has 2 aromatic rings. The van der Waals surface area contributed by atoms with Crippen molar-refractivity contribution in [1.82, 2.24) is 0 Å². The number of rotatable bonds is 2. The van der Waals surface area contributed by atoms with Crippen LogP contribution in [-0.4, -0.2) is 13.0 Å². The number of ether oxygens (including phenoxy) is 2. The molecule has 0 bridgehead atoms. The second kappa shape index (κ2) is 5.31. The molecule has 2 nitrogen and oxygen atoms in total. The third kappa shape index (κ3) is 2.96. The number of hydrogen-bond donors (Lipinski definition) is 0. The number of halogens is 3. The topological polar surface area (TPSA) is 18.5 Å². The molecule has 2 aromatic carbocycles. The molecule has 0 atom stereocenters. The van der Waals surface area contributed by atoms with Gasteiger partial charge in [0.1, 0.15) is 11.5 Å². The molecule has 1 aliphatic heterocycles. The summed E-state index contributed by atoms with van der Waals surface area (Å²) in [5.41, 5.74) is 2.03. The molecule has 0 amide bonds. The van der Waals surface area contributed by atoms with E-state index in [0.29, 0.717) is 23.5 Å². The maximum Gasteiger partial charge on any atom is 0.573 e. The first-order valence-corrected chi connectivity index (χ1v) is 6.64. The van der Waals surface area contributed by atoms with Gasteiger partial charge in [-0.1, -0.05) is 36.4 Å². The van der Waals surface area contributed by atoms with Crippen LogP contribution in [0.5, 0.6) is 11.5 Å². The van der Waals surface area contributed by atoms with Gasteiger partial charge in [-0.15, -0.1) is 13.2 Å². The van der Waals surface area contributed by atoms with Gasteiger partial charge in [-0.3, -0.25) is 0 Å². The van der Waals surface area contributed by atoms with Crippen molar-refractivity contribution in [2.45, 2.75) is 19.2 Å². The van der Waals surface area contributed by atoms with Gasteiger partial charge in [0.2, 0.25) is 0 Å². The highest BCUT2D eigenvalue weighted by molar-refractivity contribution is 5.77. The highest BCUT2D eigenvalue weighted by Crippen LogP contribution is 2.41. The van der Waals surface area contributed by atoms with Gasteiger partial charge in [0.15, 0.2) is 0 Å². The molecule has 0 fully saturated rings. The number of alkyl halides is 3. The van der Waals surface area contributed by atoms with Crippen molar-refractivity contribution in [2.75, 3.05) is 6.61 Å². The Kier molecular flexibility index (Phi) is 3.49. The molecule has 0 aliphatic carbocycles. The first kappa shape index (κ1) is 13.8. The fraction of sp³-hybridized carbons (Fsp3) is 0.250. The Morgan fingerprint density at radius 2 is 1.71 bits per heavy atom. The Bertz CT molecular complexity index is 650. The molecular weight excluding hydrogens is 281 g/mol. The van der Waals surface area contributed by atoms with Crippen LogP contribution in [0.2, 0.25) is 0 Å². The van der Waals surface area contributed by atoms with Gasteiger partial charge in [0, 0.05) is 11.1 Å². The van der Waals surface area contributed by atoms with Crippen LogP contribution in [0.25, 0.3) is 11.1 Å². The second-order valence-electron chi connectivity index (χ2n) is 4.79. The van der Waals surface area contributed by atoms with Crippen LogP contribution in [0.15, 0.2) is 42.5 Å². The Balaban J connectivity index is 2.09. The van der Waals surface area contributed by atoms with Crippen LogP contribution in [0.1, 0.15) is 12.0 Å². The average molecular weight is 294 g/mol.